The van der Waals surface area contributed by atoms with Crippen LogP contribution in [0.4, 0.5) is 11.4 Å². The Kier molecular flexibility index (Phi) is 5.66. The molecule has 0 fully saturated rings. The Morgan fingerprint density at radius 2 is 2.05 bits per heavy atom. The normalized spacial score (nSPS) is 12.5. The highest BCUT2D eigenvalue weighted by Crippen LogP contribution is 2.27. The van der Waals surface area contributed by atoms with E-state index in [0.717, 1.165) is 12.6 Å². The highest BCUT2D eigenvalue weighted by molar-refractivity contribution is 5.89. The number of benzene rings is 1. The van der Waals surface area contributed by atoms with Crippen molar-refractivity contribution in [3.63, 3.8) is 0 Å². The third kappa shape index (κ3) is 4.71. The van der Waals surface area contributed by atoms with Crippen LogP contribution in [-0.2, 0) is 0 Å². The lowest BCUT2D eigenvalue weighted by atomic mass is 10.0. The second kappa shape index (κ2) is 7.03. The summed E-state index contributed by atoms with van der Waals surface area (Å²) in [6, 6.07) is 3.92. The van der Waals surface area contributed by atoms with Crippen molar-refractivity contribution in [3.05, 3.63) is 33.9 Å². The van der Waals surface area contributed by atoms with Crippen LogP contribution in [0.15, 0.2) is 18.2 Å². The first-order chi connectivity index (χ1) is 9.72. The largest absolute Gasteiger partial charge is 0.478 e. The highest BCUT2D eigenvalue weighted by Gasteiger charge is 2.21. The van der Waals surface area contributed by atoms with E-state index in [4.69, 9.17) is 5.11 Å². The van der Waals surface area contributed by atoms with Crippen LogP contribution in [0.2, 0.25) is 0 Å². The van der Waals surface area contributed by atoms with Crippen molar-refractivity contribution >= 4 is 17.3 Å². The molecular weight excluding hydrogens is 274 g/mol. The van der Waals surface area contributed by atoms with Crippen LogP contribution in [0.25, 0.3) is 0 Å². The zero-order chi connectivity index (χ0) is 16.2. The molecule has 0 saturated carbocycles. The van der Waals surface area contributed by atoms with Gasteiger partial charge in [0.05, 0.1) is 10.5 Å². The van der Waals surface area contributed by atoms with Gasteiger partial charge < -0.3 is 15.3 Å². The van der Waals surface area contributed by atoms with Gasteiger partial charge in [0, 0.05) is 18.7 Å². The number of aromatic carboxylic acids is 1. The van der Waals surface area contributed by atoms with Gasteiger partial charge in [0.2, 0.25) is 0 Å². The van der Waals surface area contributed by atoms with Gasteiger partial charge in [-0.25, -0.2) is 4.79 Å². The fourth-order valence-electron chi connectivity index (χ4n) is 1.95. The second-order valence-corrected chi connectivity index (χ2v) is 5.55. The molecule has 1 aromatic rings. The molecule has 21 heavy (non-hydrogen) atoms. The molecule has 2 N–H and O–H groups in total. The van der Waals surface area contributed by atoms with E-state index in [1.54, 1.807) is 0 Å². The molecule has 0 aromatic heterocycles. The number of carboxylic acids is 1. The molecule has 0 saturated heterocycles. The molecule has 0 bridgehead atoms. The number of nitro benzene ring substituents is 1. The minimum absolute atomic E-state index is 0.0226. The second-order valence-electron chi connectivity index (χ2n) is 5.55. The van der Waals surface area contributed by atoms with Crippen LogP contribution in [-0.4, -0.2) is 47.6 Å². The van der Waals surface area contributed by atoms with Crippen molar-refractivity contribution in [2.24, 2.45) is 5.92 Å². The summed E-state index contributed by atoms with van der Waals surface area (Å²) >= 11 is 0. The molecule has 0 heterocycles. The van der Waals surface area contributed by atoms with E-state index in [-0.39, 0.29) is 23.2 Å². The SMILES string of the molecule is CC(C)C(CN(C)C)Nc1ccc(C(=O)O)cc1[N+](=O)[O-]. The van der Waals surface area contributed by atoms with Gasteiger partial charge >= 0.3 is 5.97 Å². The summed E-state index contributed by atoms with van der Waals surface area (Å²) in [5.74, 6) is -0.912. The van der Waals surface area contributed by atoms with Crippen molar-refractivity contribution in [1.29, 1.82) is 0 Å². The third-order valence-corrected chi connectivity index (χ3v) is 3.15. The van der Waals surface area contributed by atoms with Crippen LogP contribution >= 0.6 is 0 Å². The summed E-state index contributed by atoms with van der Waals surface area (Å²) in [4.78, 5) is 23.5. The minimum atomic E-state index is -1.18. The minimum Gasteiger partial charge on any atom is -0.478 e. The number of likely N-dealkylation sites (N-methyl/N-ethyl adjacent to an activating group) is 1. The molecule has 0 aliphatic carbocycles. The smallest absolute Gasteiger partial charge is 0.335 e. The van der Waals surface area contributed by atoms with Gasteiger partial charge in [0.1, 0.15) is 5.69 Å². The first-order valence-corrected chi connectivity index (χ1v) is 6.65. The molecule has 1 unspecified atom stereocenters. The number of carbonyl (C=O) groups is 1. The van der Waals surface area contributed by atoms with Gasteiger partial charge in [-0.3, -0.25) is 10.1 Å². The summed E-state index contributed by atoms with van der Waals surface area (Å²) in [6.45, 7) is 4.77. The molecule has 0 spiro atoms. The van der Waals surface area contributed by atoms with Crippen molar-refractivity contribution in [3.8, 4) is 0 Å². The van der Waals surface area contributed by atoms with E-state index in [1.807, 2.05) is 32.8 Å². The number of hydrogen-bond acceptors (Lipinski definition) is 5. The van der Waals surface area contributed by atoms with Gasteiger partial charge in [-0.1, -0.05) is 13.8 Å². The zero-order valence-electron chi connectivity index (χ0n) is 12.7. The molecule has 0 amide bonds. The zero-order valence-corrected chi connectivity index (χ0v) is 12.7. The fourth-order valence-corrected chi connectivity index (χ4v) is 1.95. The van der Waals surface area contributed by atoms with E-state index in [9.17, 15) is 14.9 Å². The van der Waals surface area contributed by atoms with E-state index >= 15 is 0 Å². The molecule has 7 nitrogen and oxygen atoms in total. The molecule has 116 valence electrons. The summed E-state index contributed by atoms with van der Waals surface area (Å²) in [5, 5.41) is 23.2. The maximum absolute atomic E-state index is 11.1. The average Bonchev–Trinajstić information content (AvgIpc) is 2.37. The Hall–Kier alpha value is -2.15. The van der Waals surface area contributed by atoms with Gasteiger partial charge in [0.25, 0.3) is 5.69 Å². The van der Waals surface area contributed by atoms with Crippen LogP contribution in [0.5, 0.6) is 0 Å². The summed E-state index contributed by atoms with van der Waals surface area (Å²) in [6.07, 6.45) is 0. The molecule has 1 aromatic carbocycles. The van der Waals surface area contributed by atoms with Gasteiger partial charge in [-0.05, 0) is 32.1 Å². The molecule has 7 heteroatoms. The van der Waals surface area contributed by atoms with E-state index in [1.165, 1.54) is 12.1 Å². The Bertz CT molecular complexity index is 529. The fraction of sp³-hybridized carbons (Fsp3) is 0.500. The number of hydrogen-bond donors (Lipinski definition) is 2. The van der Waals surface area contributed by atoms with Crippen LogP contribution in [0.1, 0.15) is 24.2 Å². The quantitative estimate of drug-likeness (QED) is 0.592. The van der Waals surface area contributed by atoms with Crippen molar-refractivity contribution in [2.75, 3.05) is 26.0 Å². The Balaban J connectivity index is 3.11. The summed E-state index contributed by atoms with van der Waals surface area (Å²) in [7, 11) is 3.86. The summed E-state index contributed by atoms with van der Waals surface area (Å²) in [5.41, 5.74) is 0.0193. The Morgan fingerprint density at radius 1 is 1.43 bits per heavy atom. The molecule has 0 radical (unpaired) electrons. The Labute approximate surface area is 123 Å². The number of nitrogens with zero attached hydrogens (tertiary/aromatic N) is 2. The maximum Gasteiger partial charge on any atom is 0.335 e. The van der Waals surface area contributed by atoms with Gasteiger partial charge in [0.15, 0.2) is 0 Å². The lowest BCUT2D eigenvalue weighted by Crippen LogP contribution is -2.36. The van der Waals surface area contributed by atoms with Crippen molar-refractivity contribution in [1.82, 2.24) is 4.90 Å². The van der Waals surface area contributed by atoms with Gasteiger partial charge in [-0.2, -0.15) is 0 Å². The predicted octanol–water partition coefficient (Wildman–Crippen LogP) is 2.29. The molecule has 0 aliphatic rings. The molecule has 0 aliphatic heterocycles. The lowest BCUT2D eigenvalue weighted by molar-refractivity contribution is -0.384. The van der Waals surface area contributed by atoms with Gasteiger partial charge in [-0.15, -0.1) is 0 Å². The summed E-state index contributed by atoms with van der Waals surface area (Å²) < 4.78 is 0. The highest BCUT2D eigenvalue weighted by atomic mass is 16.6. The molecule has 1 rings (SSSR count). The van der Waals surface area contributed by atoms with Crippen molar-refractivity contribution < 1.29 is 14.8 Å². The van der Waals surface area contributed by atoms with Crippen LogP contribution < -0.4 is 5.32 Å². The first-order valence-electron chi connectivity index (χ1n) is 6.65. The molecule has 1 atom stereocenters. The van der Waals surface area contributed by atoms with Crippen molar-refractivity contribution in [2.45, 2.75) is 19.9 Å². The first kappa shape index (κ1) is 16.9. The standard InChI is InChI=1S/C14H21N3O4/c1-9(2)12(8-16(3)4)15-11-6-5-10(14(18)19)7-13(11)17(20)21/h5-7,9,12,15H,8H2,1-4H3,(H,18,19). The topological polar surface area (TPSA) is 95.7 Å². The number of nitro groups is 1. The maximum atomic E-state index is 11.1. The van der Waals surface area contributed by atoms with E-state index < -0.39 is 10.9 Å². The average molecular weight is 295 g/mol. The number of rotatable bonds is 7. The van der Waals surface area contributed by atoms with Crippen LogP contribution in [0.3, 0.4) is 0 Å². The molecular formula is C14H21N3O4. The number of carboxylic acid groups (broad SMARTS) is 1. The van der Waals surface area contributed by atoms with Crippen LogP contribution in [0, 0.1) is 16.0 Å². The Morgan fingerprint density at radius 3 is 2.48 bits per heavy atom. The van der Waals surface area contributed by atoms with E-state index in [2.05, 4.69) is 5.32 Å². The van der Waals surface area contributed by atoms with E-state index in [0.29, 0.717) is 5.69 Å². The monoisotopic (exact) mass is 295 g/mol. The predicted molar refractivity (Wildman–Crippen MR) is 80.9 cm³/mol. The number of anilines is 1. The lowest BCUT2D eigenvalue weighted by Gasteiger charge is -2.26. The third-order valence-electron chi connectivity index (χ3n) is 3.15. The number of nitrogens with one attached hydrogen (secondary N) is 1.